The summed E-state index contributed by atoms with van der Waals surface area (Å²) in [5.74, 6) is -0.237. The average Bonchev–Trinajstić information content (AvgIpc) is 3.73. The Labute approximate surface area is 204 Å². The third kappa shape index (κ3) is 5.55. The number of pyridine rings is 2. The maximum Gasteiger partial charge on any atom is 0.269 e. The van der Waals surface area contributed by atoms with Crippen LogP contribution in [0.4, 0.5) is 5.69 Å². The van der Waals surface area contributed by atoms with Crippen molar-refractivity contribution in [3.05, 3.63) is 89.7 Å². The first-order chi connectivity index (χ1) is 16.9. The molecule has 1 aliphatic carbocycles. The largest absolute Gasteiger partial charge is 0.404 e. The molecule has 8 heteroatoms. The number of nitrogens with two attached hydrogens (primary N) is 2. The third-order valence-corrected chi connectivity index (χ3v) is 5.89. The molecule has 0 saturated heterocycles. The summed E-state index contributed by atoms with van der Waals surface area (Å²) in [6, 6.07) is 13.1. The highest BCUT2D eigenvalue weighted by Gasteiger charge is 2.24. The second-order valence-corrected chi connectivity index (χ2v) is 8.46. The molecular weight excluding hydrogens is 440 g/mol. The van der Waals surface area contributed by atoms with E-state index in [1.807, 2.05) is 43.3 Å². The molecule has 0 unspecified atom stereocenters. The minimum absolute atomic E-state index is 0.262. The lowest BCUT2D eigenvalue weighted by atomic mass is 9.98. The Morgan fingerprint density at radius 2 is 1.77 bits per heavy atom. The minimum atomic E-state index is -0.320. The standard InChI is InChI=1S/C27H28N6O2/c1-16-3-6-21(33-26(34)20(15-28)11-23(29)17-4-5-17)14-22(16)18-7-9-31-24(12-18)19-8-10-32-25(13-19)27(35)30-2/h3,6-15,17H,4-5,28-29H2,1-2H3,(H,30,35)(H,33,34)/b20-15+,23-11-. The van der Waals surface area contributed by atoms with Crippen LogP contribution < -0.4 is 22.1 Å². The van der Waals surface area contributed by atoms with Gasteiger partial charge in [-0.15, -0.1) is 0 Å². The summed E-state index contributed by atoms with van der Waals surface area (Å²) < 4.78 is 0. The quantitative estimate of drug-likeness (QED) is 0.309. The molecule has 8 nitrogen and oxygen atoms in total. The van der Waals surface area contributed by atoms with E-state index >= 15 is 0 Å². The lowest BCUT2D eigenvalue weighted by Gasteiger charge is -2.12. The third-order valence-electron chi connectivity index (χ3n) is 5.89. The van der Waals surface area contributed by atoms with Crippen LogP contribution in [0.1, 0.15) is 28.9 Å². The number of hydrogen-bond donors (Lipinski definition) is 4. The molecule has 2 heterocycles. The van der Waals surface area contributed by atoms with Crippen molar-refractivity contribution in [3.63, 3.8) is 0 Å². The maximum absolute atomic E-state index is 12.8. The fraction of sp³-hybridized carbons (Fsp3) is 0.185. The van der Waals surface area contributed by atoms with Gasteiger partial charge in [-0.1, -0.05) is 6.07 Å². The number of carbonyl (C=O) groups excluding carboxylic acids is 2. The monoisotopic (exact) mass is 468 g/mol. The number of anilines is 1. The van der Waals surface area contributed by atoms with Crippen molar-refractivity contribution in [2.75, 3.05) is 12.4 Å². The summed E-state index contributed by atoms with van der Waals surface area (Å²) in [6.45, 7) is 2.00. The van der Waals surface area contributed by atoms with Crippen LogP contribution in [0.25, 0.3) is 22.4 Å². The molecule has 1 aliphatic rings. The first kappa shape index (κ1) is 23.7. The first-order valence-electron chi connectivity index (χ1n) is 11.4. The number of amides is 2. The Morgan fingerprint density at radius 3 is 2.49 bits per heavy atom. The molecule has 0 atom stereocenters. The van der Waals surface area contributed by atoms with Gasteiger partial charge in [0, 0.05) is 42.6 Å². The molecule has 35 heavy (non-hydrogen) atoms. The molecule has 1 saturated carbocycles. The number of hydrogen-bond acceptors (Lipinski definition) is 6. The number of aryl methyl sites for hydroxylation is 1. The zero-order chi connectivity index (χ0) is 24.9. The van der Waals surface area contributed by atoms with Crippen LogP contribution in [-0.4, -0.2) is 28.8 Å². The number of nitrogens with one attached hydrogen (secondary N) is 2. The van der Waals surface area contributed by atoms with Gasteiger partial charge in [-0.2, -0.15) is 0 Å². The normalized spacial score (nSPS) is 13.9. The van der Waals surface area contributed by atoms with Crippen molar-refractivity contribution < 1.29 is 9.59 Å². The summed E-state index contributed by atoms with van der Waals surface area (Å²) in [4.78, 5) is 33.4. The van der Waals surface area contributed by atoms with Gasteiger partial charge in [-0.05, 0) is 84.8 Å². The van der Waals surface area contributed by atoms with E-state index in [9.17, 15) is 9.59 Å². The molecule has 4 rings (SSSR count). The number of rotatable bonds is 7. The molecular formula is C27H28N6O2. The zero-order valence-corrected chi connectivity index (χ0v) is 19.7. The van der Waals surface area contributed by atoms with Crippen molar-refractivity contribution in [3.8, 4) is 22.4 Å². The van der Waals surface area contributed by atoms with Gasteiger partial charge in [0.1, 0.15) is 5.69 Å². The van der Waals surface area contributed by atoms with Gasteiger partial charge in [0.25, 0.3) is 11.8 Å². The Hall–Kier alpha value is -4.46. The highest BCUT2D eigenvalue weighted by molar-refractivity contribution is 6.06. The van der Waals surface area contributed by atoms with Crippen molar-refractivity contribution in [1.29, 1.82) is 0 Å². The van der Waals surface area contributed by atoms with E-state index in [-0.39, 0.29) is 11.8 Å². The summed E-state index contributed by atoms with van der Waals surface area (Å²) in [5.41, 5.74) is 18.1. The predicted molar refractivity (Wildman–Crippen MR) is 137 cm³/mol. The molecule has 1 fully saturated rings. The lowest BCUT2D eigenvalue weighted by molar-refractivity contribution is -0.112. The molecule has 178 valence electrons. The molecule has 0 radical (unpaired) electrons. The minimum Gasteiger partial charge on any atom is -0.404 e. The van der Waals surface area contributed by atoms with Crippen LogP contribution in [0, 0.1) is 12.8 Å². The number of carbonyl (C=O) groups is 2. The number of allylic oxidation sites excluding steroid dienone is 1. The molecule has 3 aromatic rings. The number of nitrogens with zero attached hydrogens (tertiary/aromatic N) is 2. The molecule has 2 aromatic heterocycles. The maximum atomic E-state index is 12.8. The highest BCUT2D eigenvalue weighted by atomic mass is 16.2. The summed E-state index contributed by atoms with van der Waals surface area (Å²) in [5, 5.41) is 5.49. The Kier molecular flexibility index (Phi) is 6.91. The van der Waals surface area contributed by atoms with E-state index in [1.54, 1.807) is 31.6 Å². The molecule has 6 N–H and O–H groups in total. The Balaban J connectivity index is 1.60. The summed E-state index contributed by atoms with van der Waals surface area (Å²) in [7, 11) is 1.56. The van der Waals surface area contributed by atoms with Crippen molar-refractivity contribution in [2.45, 2.75) is 19.8 Å². The van der Waals surface area contributed by atoms with Gasteiger partial charge >= 0.3 is 0 Å². The van der Waals surface area contributed by atoms with Gasteiger partial charge in [0.15, 0.2) is 0 Å². The van der Waals surface area contributed by atoms with Crippen LogP contribution in [0.5, 0.6) is 0 Å². The summed E-state index contributed by atoms with van der Waals surface area (Å²) in [6.07, 6.45) is 8.32. The SMILES string of the molecule is CNC(=O)c1cc(-c2cc(-c3cc(NC(=O)C(/C=C(\N)C4CC4)=C/N)ccc3C)ccn2)ccn1. The molecule has 2 amide bonds. The van der Waals surface area contributed by atoms with Gasteiger partial charge < -0.3 is 22.1 Å². The van der Waals surface area contributed by atoms with E-state index < -0.39 is 0 Å². The van der Waals surface area contributed by atoms with Crippen LogP contribution in [0.15, 0.2) is 78.4 Å². The van der Waals surface area contributed by atoms with Crippen molar-refractivity contribution in [1.82, 2.24) is 15.3 Å². The smallest absolute Gasteiger partial charge is 0.269 e. The first-order valence-corrected chi connectivity index (χ1v) is 11.4. The van der Waals surface area contributed by atoms with Crippen molar-refractivity contribution in [2.24, 2.45) is 17.4 Å². The Bertz CT molecular complexity index is 1340. The number of aromatic nitrogens is 2. The molecule has 0 spiro atoms. The predicted octanol–water partition coefficient (Wildman–Crippen LogP) is 3.51. The van der Waals surface area contributed by atoms with Crippen LogP contribution in [-0.2, 0) is 4.79 Å². The van der Waals surface area contributed by atoms with E-state index in [1.165, 1.54) is 6.20 Å². The van der Waals surface area contributed by atoms with Gasteiger partial charge in [-0.3, -0.25) is 19.6 Å². The summed E-state index contributed by atoms with van der Waals surface area (Å²) >= 11 is 0. The molecule has 1 aromatic carbocycles. The Morgan fingerprint density at radius 1 is 1.03 bits per heavy atom. The van der Waals surface area contributed by atoms with E-state index in [4.69, 9.17) is 11.5 Å². The second-order valence-electron chi connectivity index (χ2n) is 8.46. The average molecular weight is 469 g/mol. The fourth-order valence-corrected chi connectivity index (χ4v) is 3.72. The van der Waals surface area contributed by atoms with E-state index in [0.29, 0.717) is 34.3 Å². The highest BCUT2D eigenvalue weighted by Crippen LogP contribution is 2.34. The van der Waals surface area contributed by atoms with Gasteiger partial charge in [0.05, 0.1) is 11.3 Å². The topological polar surface area (TPSA) is 136 Å². The molecule has 0 aliphatic heterocycles. The number of benzene rings is 1. The van der Waals surface area contributed by atoms with E-state index in [0.717, 1.165) is 35.1 Å². The fourth-order valence-electron chi connectivity index (χ4n) is 3.72. The molecule has 0 bridgehead atoms. The zero-order valence-electron chi connectivity index (χ0n) is 19.7. The van der Waals surface area contributed by atoms with Gasteiger partial charge in [-0.25, -0.2) is 0 Å². The van der Waals surface area contributed by atoms with Crippen LogP contribution in [0.3, 0.4) is 0 Å². The second kappa shape index (κ2) is 10.2. The van der Waals surface area contributed by atoms with Gasteiger partial charge in [0.2, 0.25) is 0 Å². The van der Waals surface area contributed by atoms with Crippen LogP contribution in [0.2, 0.25) is 0 Å². The van der Waals surface area contributed by atoms with E-state index in [2.05, 4.69) is 20.6 Å². The van der Waals surface area contributed by atoms with Crippen molar-refractivity contribution >= 4 is 17.5 Å². The lowest BCUT2D eigenvalue weighted by Crippen LogP contribution is -2.19. The van der Waals surface area contributed by atoms with Crippen LogP contribution >= 0.6 is 0 Å².